The van der Waals surface area contributed by atoms with Gasteiger partial charge in [-0.1, -0.05) is 58.9 Å². The number of aldehydes is 1. The highest BCUT2D eigenvalue weighted by Crippen LogP contribution is 2.31. The smallest absolute Gasteiger partial charge is 0.391 e. The molecule has 0 heterocycles. The Kier molecular flexibility index (Phi) is 21.1. The number of rotatable bonds is 24. The summed E-state index contributed by atoms with van der Waals surface area (Å²) >= 11 is 0. The van der Waals surface area contributed by atoms with Gasteiger partial charge in [-0.3, -0.25) is 58.2 Å². The number of nitro benzene ring substituents is 1. The molecule has 0 aliphatic heterocycles. The Morgan fingerprint density at radius 1 is 0.841 bits per heavy atom. The second-order valence-electron chi connectivity index (χ2n) is 17.6. The first kappa shape index (κ1) is 57.8. The molecule has 0 radical (unpaired) electrons. The number of aliphatic carboxylic acids is 2. The average molecular weight is 979 g/mol. The zero-order valence-electron chi connectivity index (χ0n) is 38.8. The number of nitrogens with two attached hydrogens (primary N) is 1. The normalized spacial score (nSPS) is 14.1. The number of carboxylic acids is 2. The number of amides is 7. The summed E-state index contributed by atoms with van der Waals surface area (Å²) in [4.78, 5) is 144. The number of hydrogen-bond acceptors (Lipinski definition) is 13. The predicted molar refractivity (Wildman–Crippen MR) is 238 cm³/mol. The fourth-order valence-electron chi connectivity index (χ4n) is 6.91. The molecule has 0 aliphatic rings. The maximum atomic E-state index is 15.4. The first-order valence-corrected chi connectivity index (χ1v) is 21.3. The van der Waals surface area contributed by atoms with Crippen LogP contribution in [0, 0.1) is 28.4 Å². The molecule has 0 saturated carbocycles. The van der Waals surface area contributed by atoms with Crippen molar-refractivity contribution in [3.63, 3.8) is 0 Å². The van der Waals surface area contributed by atoms with Crippen molar-refractivity contribution in [3.8, 4) is 0 Å². The molecule has 22 nitrogen and oxygen atoms in total. The standard InChI is InChI=1S/C44H57F3N8O14/c1-22(2)16-31(39(64)50-27(21-56)20-44(45,46)47)52-40(65)36(43(5,6)7)54(41(66)26-12-13-29(49-24(4)57)33(18-26)55(68)69)42(67)32(17-25-11-9-8-10-23(25)3)53-38(63)30(14-15-34(58)59)51-37(62)28(48)19-35(60)61/h8-13,18,21-22,27-28,30-32,36H,14-17,19-20,48H2,1-7H3,(H,49,57)(H,50,64)(H,51,62)(H,52,65)(H,53,63)(H,58,59)(H,60,61)/t27?,28-,30-,31-,32-,36+/m0/s1. The molecule has 0 fully saturated rings. The van der Waals surface area contributed by atoms with Crippen molar-refractivity contribution in [2.24, 2.45) is 17.1 Å². The lowest BCUT2D eigenvalue weighted by Crippen LogP contribution is -2.64. The van der Waals surface area contributed by atoms with Crippen molar-refractivity contribution < 1.29 is 76.3 Å². The van der Waals surface area contributed by atoms with Crippen molar-refractivity contribution in [2.45, 2.75) is 129 Å². The van der Waals surface area contributed by atoms with Crippen molar-refractivity contribution in [1.82, 2.24) is 26.2 Å². The summed E-state index contributed by atoms with van der Waals surface area (Å²) in [6, 6.07) is -2.41. The summed E-state index contributed by atoms with van der Waals surface area (Å²) in [5.41, 5.74) is 3.11. The van der Waals surface area contributed by atoms with Crippen LogP contribution in [0.4, 0.5) is 24.5 Å². The SMILES string of the molecule is CC(=O)Nc1ccc(C(=O)N(C(=O)[C@H](Cc2ccccc2C)NC(=O)[C@H](CCC(=O)O)NC(=O)[C@@H](N)CC(=O)O)[C@H](C(=O)N[C@@H](CC(C)C)C(=O)NC(C=O)CC(F)(F)F)C(C)(C)C)cc1[N+](=O)[O-]. The van der Waals surface area contributed by atoms with Gasteiger partial charge in [0, 0.05) is 31.4 Å². The molecule has 7 amide bonds. The second-order valence-corrected chi connectivity index (χ2v) is 17.6. The molecule has 0 aromatic heterocycles. The molecule has 378 valence electrons. The number of aryl methyl sites for hydroxylation is 1. The van der Waals surface area contributed by atoms with Crippen LogP contribution in [0.1, 0.15) is 95.1 Å². The average Bonchev–Trinajstić information content (AvgIpc) is 3.21. The van der Waals surface area contributed by atoms with Crippen LogP contribution in [0.25, 0.3) is 0 Å². The molecule has 6 atom stereocenters. The first-order chi connectivity index (χ1) is 31.9. The van der Waals surface area contributed by atoms with Crippen molar-refractivity contribution in [3.05, 3.63) is 69.3 Å². The molecule has 1 unspecified atom stereocenters. The molecule has 25 heteroatoms. The number of alkyl halides is 3. The molecule has 9 N–H and O–H groups in total. The van der Waals surface area contributed by atoms with Crippen LogP contribution in [-0.2, 0) is 49.6 Å². The maximum Gasteiger partial charge on any atom is 0.391 e. The van der Waals surface area contributed by atoms with Crippen molar-refractivity contribution in [2.75, 3.05) is 5.32 Å². The topological polar surface area (TPSA) is 344 Å². The third kappa shape index (κ3) is 18.4. The number of nitro groups is 1. The van der Waals surface area contributed by atoms with Crippen LogP contribution < -0.4 is 32.3 Å². The van der Waals surface area contributed by atoms with E-state index in [0.717, 1.165) is 19.1 Å². The fourth-order valence-corrected chi connectivity index (χ4v) is 6.91. The van der Waals surface area contributed by atoms with Crippen molar-refractivity contribution >= 4 is 70.9 Å². The molecule has 2 aromatic rings. The number of nitrogens with one attached hydrogen (secondary N) is 5. The summed E-state index contributed by atoms with van der Waals surface area (Å²) in [7, 11) is 0. The van der Waals surface area contributed by atoms with Crippen LogP contribution in [0.5, 0.6) is 0 Å². The van der Waals surface area contributed by atoms with E-state index >= 15 is 9.59 Å². The Balaban J connectivity index is 3.00. The van der Waals surface area contributed by atoms with Crippen LogP contribution in [0.2, 0.25) is 0 Å². The molecule has 2 rings (SSSR count). The zero-order valence-corrected chi connectivity index (χ0v) is 38.8. The molecule has 0 aliphatic carbocycles. The molecule has 0 spiro atoms. The van der Waals surface area contributed by atoms with E-state index in [1.807, 2.05) is 5.32 Å². The highest BCUT2D eigenvalue weighted by Gasteiger charge is 2.47. The minimum atomic E-state index is -4.90. The zero-order chi connectivity index (χ0) is 52.7. The lowest BCUT2D eigenvalue weighted by Gasteiger charge is -2.40. The Bertz CT molecular complexity index is 2280. The third-order valence-corrected chi connectivity index (χ3v) is 10.1. The van der Waals surface area contributed by atoms with E-state index in [-0.39, 0.29) is 18.4 Å². The number of imide groups is 1. The number of nitrogens with zero attached hydrogens (tertiary/aromatic N) is 2. The number of carbonyl (C=O) groups is 10. The second kappa shape index (κ2) is 25.2. The van der Waals surface area contributed by atoms with E-state index in [1.54, 1.807) is 39.0 Å². The van der Waals surface area contributed by atoms with E-state index in [0.29, 0.717) is 22.1 Å². The van der Waals surface area contributed by atoms with Crippen LogP contribution in [0.15, 0.2) is 42.5 Å². The molecular formula is C44H57F3N8O14. The Morgan fingerprint density at radius 3 is 1.93 bits per heavy atom. The van der Waals surface area contributed by atoms with Crippen LogP contribution in [0.3, 0.4) is 0 Å². The van der Waals surface area contributed by atoms with E-state index in [2.05, 4.69) is 21.3 Å². The summed E-state index contributed by atoms with van der Waals surface area (Å²) in [6.45, 7) is 9.93. The summed E-state index contributed by atoms with van der Waals surface area (Å²) in [5.74, 6) is -12.0. The number of carbonyl (C=O) groups excluding carboxylic acids is 8. The van der Waals surface area contributed by atoms with Gasteiger partial charge in [-0.2, -0.15) is 13.2 Å². The molecular weight excluding hydrogens is 922 g/mol. The summed E-state index contributed by atoms with van der Waals surface area (Å²) in [6.07, 6.45) is -9.90. The van der Waals surface area contributed by atoms with Gasteiger partial charge in [0.05, 0.1) is 29.8 Å². The van der Waals surface area contributed by atoms with Crippen LogP contribution >= 0.6 is 0 Å². The molecule has 2 aromatic carbocycles. The van der Waals surface area contributed by atoms with Crippen molar-refractivity contribution in [1.29, 1.82) is 0 Å². The van der Waals surface area contributed by atoms with Gasteiger partial charge in [-0.15, -0.1) is 0 Å². The van der Waals surface area contributed by atoms with E-state index < -0.39 is 155 Å². The highest BCUT2D eigenvalue weighted by atomic mass is 19.4. The van der Waals surface area contributed by atoms with E-state index in [4.69, 9.17) is 10.8 Å². The van der Waals surface area contributed by atoms with Gasteiger partial charge in [0.2, 0.25) is 29.5 Å². The number of benzene rings is 2. The lowest BCUT2D eigenvalue weighted by molar-refractivity contribution is -0.384. The van der Waals surface area contributed by atoms with E-state index in [1.165, 1.54) is 26.8 Å². The largest absolute Gasteiger partial charge is 0.481 e. The Morgan fingerprint density at radius 2 is 1.42 bits per heavy atom. The monoisotopic (exact) mass is 978 g/mol. The minimum Gasteiger partial charge on any atom is -0.481 e. The van der Waals surface area contributed by atoms with Gasteiger partial charge in [0.1, 0.15) is 36.1 Å². The Labute approximate surface area is 393 Å². The number of carboxylic acid groups (broad SMARTS) is 2. The van der Waals surface area contributed by atoms with Gasteiger partial charge >= 0.3 is 18.1 Å². The molecule has 0 saturated heterocycles. The van der Waals surface area contributed by atoms with Gasteiger partial charge < -0.3 is 47.3 Å². The minimum absolute atomic E-state index is 0.155. The predicted octanol–water partition coefficient (Wildman–Crippen LogP) is 2.29. The van der Waals surface area contributed by atoms with Crippen LogP contribution in [-0.4, -0.2) is 122 Å². The summed E-state index contributed by atoms with van der Waals surface area (Å²) in [5, 5.41) is 42.0. The number of hydrogen-bond donors (Lipinski definition) is 8. The quantitative estimate of drug-likeness (QED) is 0.0425. The summed E-state index contributed by atoms with van der Waals surface area (Å²) < 4.78 is 39.8. The number of halogens is 3. The fraction of sp³-hybridized carbons (Fsp3) is 0.500. The maximum absolute atomic E-state index is 15.4. The van der Waals surface area contributed by atoms with Gasteiger partial charge in [-0.25, -0.2) is 0 Å². The Hall–Kier alpha value is -7.31. The van der Waals surface area contributed by atoms with E-state index in [9.17, 15) is 66.7 Å². The molecule has 69 heavy (non-hydrogen) atoms. The first-order valence-electron chi connectivity index (χ1n) is 21.3. The lowest BCUT2D eigenvalue weighted by atomic mass is 9.83. The van der Waals surface area contributed by atoms with Gasteiger partial charge in [-0.05, 0) is 54.4 Å². The molecule has 0 bridgehead atoms. The number of anilines is 1. The van der Waals surface area contributed by atoms with Gasteiger partial charge in [0.25, 0.3) is 17.5 Å². The van der Waals surface area contributed by atoms with Gasteiger partial charge in [0.15, 0.2) is 0 Å². The highest BCUT2D eigenvalue weighted by molar-refractivity contribution is 6.11. The third-order valence-electron chi connectivity index (χ3n) is 10.1.